The van der Waals surface area contributed by atoms with Gasteiger partial charge < -0.3 is 9.84 Å². The first-order chi connectivity index (χ1) is 9.57. The van der Waals surface area contributed by atoms with E-state index in [-0.39, 0.29) is 12.4 Å². The summed E-state index contributed by atoms with van der Waals surface area (Å²) in [4.78, 5) is 0. The Kier molecular flexibility index (Phi) is 7.76. The molecule has 0 aliphatic rings. The molecule has 0 amide bonds. The Morgan fingerprint density at radius 2 is 1.80 bits per heavy atom. The summed E-state index contributed by atoms with van der Waals surface area (Å²) in [6.45, 7) is 3.39. The van der Waals surface area contributed by atoms with Gasteiger partial charge in [-0.2, -0.15) is 0 Å². The van der Waals surface area contributed by atoms with Gasteiger partial charge in [0.05, 0.1) is 19.0 Å². The van der Waals surface area contributed by atoms with Crippen molar-refractivity contribution in [2.45, 2.75) is 32.1 Å². The van der Waals surface area contributed by atoms with Crippen LogP contribution in [0.3, 0.4) is 0 Å². The average Bonchev–Trinajstić information content (AvgIpc) is 2.43. The molecule has 1 aromatic carbocycles. The molecule has 6 heteroatoms. The van der Waals surface area contributed by atoms with Crippen LogP contribution >= 0.6 is 0 Å². The van der Waals surface area contributed by atoms with Gasteiger partial charge in [0.15, 0.2) is 0 Å². The number of hydrogen-bond acceptors (Lipinski definition) is 4. The normalized spacial score (nSPS) is 11.7. The number of rotatable bonds is 10. The first-order valence-corrected chi connectivity index (χ1v) is 8.46. The monoisotopic (exact) mass is 301 g/mol. The van der Waals surface area contributed by atoms with Gasteiger partial charge in [-0.1, -0.05) is 37.6 Å². The third kappa shape index (κ3) is 7.00. The molecule has 0 aliphatic carbocycles. The molecule has 0 aromatic heterocycles. The number of benzene rings is 1. The van der Waals surface area contributed by atoms with Crippen molar-refractivity contribution in [3.63, 3.8) is 0 Å². The minimum absolute atomic E-state index is 0.0413. The Bertz CT molecular complexity index is 470. The minimum Gasteiger partial charge on any atom is -0.392 e. The van der Waals surface area contributed by atoms with Crippen molar-refractivity contribution < 1.29 is 18.3 Å². The molecule has 0 unspecified atom stereocenters. The summed E-state index contributed by atoms with van der Waals surface area (Å²) in [5.74, 6) is -0.0618. The Morgan fingerprint density at radius 3 is 2.40 bits per heavy atom. The van der Waals surface area contributed by atoms with E-state index in [4.69, 9.17) is 9.84 Å². The van der Waals surface area contributed by atoms with Gasteiger partial charge in [0.2, 0.25) is 10.0 Å². The van der Waals surface area contributed by atoms with Gasteiger partial charge in [-0.3, -0.25) is 0 Å². The number of aliphatic hydroxyl groups is 1. The van der Waals surface area contributed by atoms with Crippen LogP contribution in [0.25, 0.3) is 0 Å². The molecule has 114 valence electrons. The van der Waals surface area contributed by atoms with Gasteiger partial charge in [0, 0.05) is 13.2 Å². The lowest BCUT2D eigenvalue weighted by molar-refractivity contribution is 0.136. The van der Waals surface area contributed by atoms with Crippen LogP contribution in [-0.2, 0) is 27.1 Å². The van der Waals surface area contributed by atoms with E-state index < -0.39 is 10.0 Å². The topological polar surface area (TPSA) is 75.6 Å². The van der Waals surface area contributed by atoms with Gasteiger partial charge in [-0.15, -0.1) is 0 Å². The third-order valence-electron chi connectivity index (χ3n) is 2.77. The fourth-order valence-electron chi connectivity index (χ4n) is 1.63. The average molecular weight is 301 g/mol. The van der Waals surface area contributed by atoms with E-state index >= 15 is 0 Å². The Morgan fingerprint density at radius 1 is 1.15 bits per heavy atom. The first-order valence-electron chi connectivity index (χ1n) is 6.81. The molecular weight excluding hydrogens is 278 g/mol. The summed E-state index contributed by atoms with van der Waals surface area (Å²) in [6, 6.07) is 6.86. The van der Waals surface area contributed by atoms with E-state index in [0.29, 0.717) is 25.3 Å². The predicted octanol–water partition coefficient (Wildman–Crippen LogP) is 1.41. The summed E-state index contributed by atoms with van der Waals surface area (Å²) < 4.78 is 31.5. The van der Waals surface area contributed by atoms with Gasteiger partial charge in [0.25, 0.3) is 0 Å². The molecule has 0 spiro atoms. The van der Waals surface area contributed by atoms with Crippen molar-refractivity contribution in [3.05, 3.63) is 35.4 Å². The molecule has 0 fully saturated rings. The number of ether oxygens (including phenoxy) is 1. The lowest BCUT2D eigenvalue weighted by atomic mass is 10.2. The SMILES string of the molecule is CCCCOCCNS(=O)(=O)Cc1ccc(CO)cc1. The van der Waals surface area contributed by atoms with Crippen molar-refractivity contribution in [2.24, 2.45) is 0 Å². The second-order valence-electron chi connectivity index (χ2n) is 4.59. The van der Waals surface area contributed by atoms with E-state index in [1.807, 2.05) is 0 Å². The molecular formula is C14H23NO4S. The standard InChI is InChI=1S/C14H23NO4S/c1-2-3-9-19-10-8-15-20(17,18)12-14-6-4-13(11-16)5-7-14/h4-7,15-16H,2-3,8-12H2,1H3. The molecule has 1 rings (SSSR count). The zero-order valence-electron chi connectivity index (χ0n) is 11.8. The van der Waals surface area contributed by atoms with E-state index in [2.05, 4.69) is 11.6 Å². The van der Waals surface area contributed by atoms with Crippen LogP contribution in [-0.4, -0.2) is 33.3 Å². The lowest BCUT2D eigenvalue weighted by Crippen LogP contribution is -2.28. The summed E-state index contributed by atoms with van der Waals surface area (Å²) in [5.41, 5.74) is 1.46. The van der Waals surface area contributed by atoms with E-state index in [1.165, 1.54) is 0 Å². The van der Waals surface area contributed by atoms with E-state index in [9.17, 15) is 8.42 Å². The molecule has 20 heavy (non-hydrogen) atoms. The molecule has 0 saturated carbocycles. The number of sulfonamides is 1. The van der Waals surface area contributed by atoms with Crippen LogP contribution in [0.5, 0.6) is 0 Å². The van der Waals surface area contributed by atoms with Crippen LogP contribution in [0.15, 0.2) is 24.3 Å². The highest BCUT2D eigenvalue weighted by Crippen LogP contribution is 2.07. The highest BCUT2D eigenvalue weighted by atomic mass is 32.2. The smallest absolute Gasteiger partial charge is 0.215 e. The van der Waals surface area contributed by atoms with Crippen LogP contribution < -0.4 is 4.72 Å². The van der Waals surface area contributed by atoms with Crippen molar-refractivity contribution in [1.82, 2.24) is 4.72 Å². The quantitative estimate of drug-likeness (QED) is 0.641. The van der Waals surface area contributed by atoms with Gasteiger partial charge >= 0.3 is 0 Å². The zero-order valence-corrected chi connectivity index (χ0v) is 12.7. The number of hydrogen-bond donors (Lipinski definition) is 2. The number of nitrogens with one attached hydrogen (secondary N) is 1. The van der Waals surface area contributed by atoms with Crippen molar-refractivity contribution >= 4 is 10.0 Å². The zero-order chi connectivity index (χ0) is 14.8. The highest BCUT2D eigenvalue weighted by molar-refractivity contribution is 7.88. The van der Waals surface area contributed by atoms with Gasteiger partial charge in [-0.05, 0) is 17.5 Å². The predicted molar refractivity (Wildman–Crippen MR) is 78.7 cm³/mol. The van der Waals surface area contributed by atoms with E-state index in [0.717, 1.165) is 18.4 Å². The van der Waals surface area contributed by atoms with Crippen LogP contribution in [0.2, 0.25) is 0 Å². The van der Waals surface area contributed by atoms with E-state index in [1.54, 1.807) is 24.3 Å². The molecule has 0 bridgehead atoms. The Hall–Kier alpha value is -0.950. The second-order valence-corrected chi connectivity index (χ2v) is 6.40. The fraction of sp³-hybridized carbons (Fsp3) is 0.571. The van der Waals surface area contributed by atoms with Gasteiger partial charge in [-0.25, -0.2) is 13.1 Å². The lowest BCUT2D eigenvalue weighted by Gasteiger charge is -2.08. The Labute approximate surface area is 121 Å². The fourth-order valence-corrected chi connectivity index (χ4v) is 2.76. The van der Waals surface area contributed by atoms with Crippen molar-refractivity contribution in [1.29, 1.82) is 0 Å². The first kappa shape index (κ1) is 17.1. The molecule has 5 nitrogen and oxygen atoms in total. The maximum atomic E-state index is 11.8. The van der Waals surface area contributed by atoms with Crippen LogP contribution in [0.4, 0.5) is 0 Å². The molecule has 0 radical (unpaired) electrons. The molecule has 1 aromatic rings. The summed E-state index contributed by atoms with van der Waals surface area (Å²) in [6.07, 6.45) is 2.06. The number of unbranched alkanes of at least 4 members (excludes halogenated alkanes) is 1. The number of aliphatic hydroxyl groups excluding tert-OH is 1. The maximum Gasteiger partial charge on any atom is 0.215 e. The molecule has 0 saturated heterocycles. The van der Waals surface area contributed by atoms with Gasteiger partial charge in [0.1, 0.15) is 0 Å². The second kappa shape index (κ2) is 9.07. The van der Waals surface area contributed by atoms with Crippen molar-refractivity contribution in [2.75, 3.05) is 19.8 Å². The van der Waals surface area contributed by atoms with Crippen molar-refractivity contribution in [3.8, 4) is 0 Å². The summed E-state index contributed by atoms with van der Waals surface area (Å²) >= 11 is 0. The highest BCUT2D eigenvalue weighted by Gasteiger charge is 2.10. The maximum absolute atomic E-state index is 11.8. The van der Waals surface area contributed by atoms with Crippen LogP contribution in [0, 0.1) is 0 Å². The third-order valence-corrected chi connectivity index (χ3v) is 4.13. The summed E-state index contributed by atoms with van der Waals surface area (Å²) in [5, 5.41) is 8.92. The summed E-state index contributed by atoms with van der Waals surface area (Å²) in [7, 11) is -3.34. The largest absolute Gasteiger partial charge is 0.392 e. The van der Waals surface area contributed by atoms with Crippen LogP contribution in [0.1, 0.15) is 30.9 Å². The molecule has 0 heterocycles. The molecule has 2 N–H and O–H groups in total. The minimum atomic E-state index is -3.34. The Balaban J connectivity index is 2.33. The molecule has 0 aliphatic heterocycles. The molecule has 0 atom stereocenters.